The Labute approximate surface area is 95.0 Å². The maximum atomic E-state index is 13.5. The van der Waals surface area contributed by atoms with Crippen molar-refractivity contribution in [2.45, 2.75) is 6.61 Å². The second-order valence-electron chi connectivity index (χ2n) is 3.51. The third-order valence-electron chi connectivity index (χ3n) is 2.30. The largest absolute Gasteiger partial charge is 0.398 e. The average Bonchev–Trinajstić information content (AvgIpc) is 2.26. The SMILES string of the molecule is COCc1cc(N)c2c(F)c(F)cc(F)c2n1. The van der Waals surface area contributed by atoms with Gasteiger partial charge in [0.15, 0.2) is 17.5 Å². The highest BCUT2D eigenvalue weighted by Gasteiger charge is 2.16. The first-order valence-corrected chi connectivity index (χ1v) is 4.76. The van der Waals surface area contributed by atoms with Gasteiger partial charge in [0.2, 0.25) is 0 Å². The summed E-state index contributed by atoms with van der Waals surface area (Å²) in [6, 6.07) is 1.77. The van der Waals surface area contributed by atoms with E-state index in [-0.39, 0.29) is 23.2 Å². The van der Waals surface area contributed by atoms with Gasteiger partial charge in [-0.25, -0.2) is 18.2 Å². The van der Waals surface area contributed by atoms with Crippen molar-refractivity contribution in [2.75, 3.05) is 12.8 Å². The topological polar surface area (TPSA) is 48.1 Å². The Balaban J connectivity index is 2.81. The van der Waals surface area contributed by atoms with Crippen molar-refractivity contribution in [3.63, 3.8) is 0 Å². The summed E-state index contributed by atoms with van der Waals surface area (Å²) in [5.41, 5.74) is 5.54. The number of aromatic nitrogens is 1. The number of pyridine rings is 1. The summed E-state index contributed by atoms with van der Waals surface area (Å²) in [5.74, 6) is -3.44. The molecule has 6 heteroatoms. The molecule has 1 aromatic carbocycles. The summed E-state index contributed by atoms with van der Waals surface area (Å²) in [4.78, 5) is 3.84. The molecule has 0 aliphatic heterocycles. The first-order chi connectivity index (χ1) is 8.04. The molecule has 0 aliphatic rings. The molecular formula is C11H9F3N2O. The fourth-order valence-electron chi connectivity index (χ4n) is 1.61. The molecule has 0 saturated carbocycles. The van der Waals surface area contributed by atoms with Crippen molar-refractivity contribution in [1.82, 2.24) is 4.98 Å². The van der Waals surface area contributed by atoms with Gasteiger partial charge in [-0.15, -0.1) is 0 Å². The number of rotatable bonds is 2. The van der Waals surface area contributed by atoms with Gasteiger partial charge in [-0.3, -0.25) is 0 Å². The van der Waals surface area contributed by atoms with Crippen LogP contribution in [0.5, 0.6) is 0 Å². The molecule has 90 valence electrons. The molecule has 1 aromatic heterocycles. The molecule has 0 bridgehead atoms. The standard InChI is InChI=1S/C11H9F3N2O/c1-17-4-5-2-8(15)9-10(14)6(12)3-7(13)11(9)16-5/h2-3H,4H2,1H3,(H2,15,16). The van der Waals surface area contributed by atoms with Crippen LogP contribution >= 0.6 is 0 Å². The van der Waals surface area contributed by atoms with E-state index in [4.69, 9.17) is 10.5 Å². The zero-order valence-corrected chi connectivity index (χ0v) is 8.93. The quantitative estimate of drug-likeness (QED) is 0.822. The van der Waals surface area contributed by atoms with Crippen LogP contribution in [0.3, 0.4) is 0 Å². The van der Waals surface area contributed by atoms with Crippen LogP contribution < -0.4 is 5.73 Å². The van der Waals surface area contributed by atoms with Crippen LogP contribution in [-0.4, -0.2) is 12.1 Å². The van der Waals surface area contributed by atoms with Crippen LogP contribution in [0.2, 0.25) is 0 Å². The zero-order valence-electron chi connectivity index (χ0n) is 8.93. The maximum Gasteiger partial charge on any atom is 0.170 e. The van der Waals surface area contributed by atoms with Crippen molar-refractivity contribution in [3.05, 3.63) is 35.3 Å². The van der Waals surface area contributed by atoms with Gasteiger partial charge in [-0.2, -0.15) is 0 Å². The van der Waals surface area contributed by atoms with Crippen molar-refractivity contribution >= 4 is 16.6 Å². The van der Waals surface area contributed by atoms with E-state index in [1.54, 1.807) is 0 Å². The van der Waals surface area contributed by atoms with Gasteiger partial charge >= 0.3 is 0 Å². The summed E-state index contributed by atoms with van der Waals surface area (Å²) in [6.07, 6.45) is 0. The Morgan fingerprint density at radius 1 is 1.24 bits per heavy atom. The molecule has 3 nitrogen and oxygen atoms in total. The molecule has 0 radical (unpaired) electrons. The minimum Gasteiger partial charge on any atom is -0.398 e. The highest BCUT2D eigenvalue weighted by atomic mass is 19.2. The van der Waals surface area contributed by atoms with E-state index in [1.807, 2.05) is 0 Å². The molecule has 0 saturated heterocycles. The van der Waals surface area contributed by atoms with E-state index in [9.17, 15) is 13.2 Å². The van der Waals surface area contributed by atoms with E-state index >= 15 is 0 Å². The lowest BCUT2D eigenvalue weighted by atomic mass is 10.1. The molecule has 0 amide bonds. The van der Waals surface area contributed by atoms with Gasteiger partial charge in [0.05, 0.1) is 17.7 Å². The minimum atomic E-state index is -1.29. The first-order valence-electron chi connectivity index (χ1n) is 4.76. The summed E-state index contributed by atoms with van der Waals surface area (Å²) < 4.78 is 44.8. The molecule has 0 fully saturated rings. The van der Waals surface area contributed by atoms with E-state index in [1.165, 1.54) is 13.2 Å². The number of ether oxygens (including phenoxy) is 1. The average molecular weight is 242 g/mol. The van der Waals surface area contributed by atoms with Crippen LogP contribution in [0, 0.1) is 17.5 Å². The summed E-state index contributed by atoms with van der Waals surface area (Å²) in [7, 11) is 1.43. The molecule has 2 aromatic rings. The second-order valence-corrected chi connectivity index (χ2v) is 3.51. The molecule has 1 heterocycles. The van der Waals surface area contributed by atoms with Crippen molar-refractivity contribution in [3.8, 4) is 0 Å². The molecule has 2 rings (SSSR count). The highest BCUT2D eigenvalue weighted by Crippen LogP contribution is 2.27. The Kier molecular flexibility index (Phi) is 2.89. The van der Waals surface area contributed by atoms with E-state index in [2.05, 4.69) is 4.98 Å². The maximum absolute atomic E-state index is 13.5. The molecule has 17 heavy (non-hydrogen) atoms. The lowest BCUT2D eigenvalue weighted by molar-refractivity contribution is 0.182. The van der Waals surface area contributed by atoms with Gasteiger partial charge < -0.3 is 10.5 Å². The lowest BCUT2D eigenvalue weighted by Gasteiger charge is -2.08. The molecular weight excluding hydrogens is 233 g/mol. The van der Waals surface area contributed by atoms with E-state index in [0.717, 1.165) is 0 Å². The monoisotopic (exact) mass is 242 g/mol. The number of fused-ring (bicyclic) bond motifs is 1. The highest BCUT2D eigenvalue weighted by molar-refractivity contribution is 5.91. The number of nitrogen functional groups attached to an aromatic ring is 1. The Morgan fingerprint density at radius 3 is 2.59 bits per heavy atom. The van der Waals surface area contributed by atoms with Crippen LogP contribution in [0.1, 0.15) is 5.69 Å². The van der Waals surface area contributed by atoms with Crippen molar-refractivity contribution < 1.29 is 17.9 Å². The number of halogens is 3. The van der Waals surface area contributed by atoms with Gasteiger partial charge in [-0.05, 0) is 6.07 Å². The Hall–Kier alpha value is -1.82. The van der Waals surface area contributed by atoms with Gasteiger partial charge in [-0.1, -0.05) is 0 Å². The molecule has 0 atom stereocenters. The van der Waals surface area contributed by atoms with Crippen molar-refractivity contribution in [1.29, 1.82) is 0 Å². The first kappa shape index (κ1) is 11.7. The van der Waals surface area contributed by atoms with Gasteiger partial charge in [0, 0.05) is 18.9 Å². The van der Waals surface area contributed by atoms with Crippen LogP contribution in [-0.2, 0) is 11.3 Å². The van der Waals surface area contributed by atoms with Gasteiger partial charge in [0.25, 0.3) is 0 Å². The summed E-state index contributed by atoms with van der Waals surface area (Å²) in [6.45, 7) is 0.110. The molecule has 2 N–H and O–H groups in total. The van der Waals surface area contributed by atoms with Crippen LogP contribution in [0.15, 0.2) is 12.1 Å². The van der Waals surface area contributed by atoms with Gasteiger partial charge in [0.1, 0.15) is 5.52 Å². The van der Waals surface area contributed by atoms with Crippen LogP contribution in [0.25, 0.3) is 10.9 Å². The third kappa shape index (κ3) is 1.91. The minimum absolute atomic E-state index is 0.0713. The Bertz CT molecular complexity index is 587. The molecule has 0 aliphatic carbocycles. The number of hydrogen-bond acceptors (Lipinski definition) is 3. The predicted octanol–water partition coefficient (Wildman–Crippen LogP) is 2.38. The number of benzene rings is 1. The fraction of sp³-hybridized carbons (Fsp3) is 0.182. The fourth-order valence-corrected chi connectivity index (χ4v) is 1.61. The zero-order chi connectivity index (χ0) is 12.6. The summed E-state index contributed by atoms with van der Waals surface area (Å²) in [5, 5.41) is -0.345. The number of nitrogens with zero attached hydrogens (tertiary/aromatic N) is 1. The van der Waals surface area contributed by atoms with E-state index < -0.39 is 17.5 Å². The summed E-state index contributed by atoms with van der Waals surface area (Å²) >= 11 is 0. The molecule has 0 unspecified atom stereocenters. The normalized spacial score (nSPS) is 11.1. The van der Waals surface area contributed by atoms with E-state index in [0.29, 0.717) is 11.8 Å². The number of methoxy groups -OCH3 is 1. The second kappa shape index (κ2) is 4.21. The van der Waals surface area contributed by atoms with Crippen LogP contribution in [0.4, 0.5) is 18.9 Å². The number of anilines is 1. The smallest absolute Gasteiger partial charge is 0.170 e. The number of hydrogen-bond donors (Lipinski definition) is 1. The lowest BCUT2D eigenvalue weighted by Crippen LogP contribution is -2.02. The molecule has 0 spiro atoms. The van der Waals surface area contributed by atoms with Crippen molar-refractivity contribution in [2.24, 2.45) is 0 Å². The third-order valence-corrected chi connectivity index (χ3v) is 2.30. The predicted molar refractivity (Wildman–Crippen MR) is 56.7 cm³/mol. The Morgan fingerprint density at radius 2 is 1.94 bits per heavy atom. The number of nitrogens with two attached hydrogens (primary N) is 1.